The number of para-hydroxylation sites is 1. The van der Waals surface area contributed by atoms with Crippen LogP contribution in [0.5, 0.6) is 5.75 Å². The summed E-state index contributed by atoms with van der Waals surface area (Å²) in [6.07, 6.45) is 5.93. The summed E-state index contributed by atoms with van der Waals surface area (Å²) in [4.78, 5) is 38.8. The van der Waals surface area contributed by atoms with Gasteiger partial charge >= 0.3 is 5.97 Å². The number of fused-ring (bicyclic) bond motifs is 1. The van der Waals surface area contributed by atoms with Crippen molar-refractivity contribution in [1.82, 2.24) is 14.9 Å². The summed E-state index contributed by atoms with van der Waals surface area (Å²) in [5.74, 6) is 0.630. The number of methoxy groups -OCH3 is 1. The minimum atomic E-state index is -1.03. The maximum Gasteiger partial charge on any atom is 0.339 e. The topological polar surface area (TPSA) is 95.9 Å². The van der Waals surface area contributed by atoms with Crippen molar-refractivity contribution < 1.29 is 19.4 Å². The maximum absolute atomic E-state index is 13.5. The molecule has 39 heavy (non-hydrogen) atoms. The van der Waals surface area contributed by atoms with Gasteiger partial charge in [-0.05, 0) is 55.4 Å². The molecule has 0 saturated carbocycles. The van der Waals surface area contributed by atoms with Gasteiger partial charge in [-0.15, -0.1) is 0 Å². The maximum atomic E-state index is 13.5. The van der Waals surface area contributed by atoms with Gasteiger partial charge in [-0.1, -0.05) is 48.4 Å². The minimum Gasteiger partial charge on any atom is -0.496 e. The van der Waals surface area contributed by atoms with Crippen molar-refractivity contribution >= 4 is 29.4 Å². The van der Waals surface area contributed by atoms with E-state index in [1.165, 1.54) is 6.20 Å². The Morgan fingerprint density at radius 2 is 1.87 bits per heavy atom. The summed E-state index contributed by atoms with van der Waals surface area (Å²) < 4.78 is 5.47. The van der Waals surface area contributed by atoms with Crippen LogP contribution in [0.15, 0.2) is 54.7 Å². The number of hydrogen-bond acceptors (Lipinski definition) is 6. The lowest BCUT2D eigenvalue weighted by Gasteiger charge is -2.30. The van der Waals surface area contributed by atoms with E-state index >= 15 is 0 Å². The molecule has 1 amide bonds. The normalized spacial score (nSPS) is 18.9. The third-order valence-electron chi connectivity index (χ3n) is 7.82. The molecule has 2 fully saturated rings. The summed E-state index contributed by atoms with van der Waals surface area (Å²) in [7, 11) is 1.62. The fraction of sp³-hybridized carbons (Fsp3) is 0.400. The second-order valence-corrected chi connectivity index (χ2v) is 10.7. The molecule has 9 heteroatoms. The van der Waals surface area contributed by atoms with Crippen molar-refractivity contribution in [3.05, 3.63) is 82.1 Å². The first-order chi connectivity index (χ1) is 18.9. The fourth-order valence-electron chi connectivity index (χ4n) is 5.77. The number of rotatable bonds is 8. The van der Waals surface area contributed by atoms with Crippen LogP contribution in [-0.2, 0) is 24.1 Å². The highest BCUT2D eigenvalue weighted by Gasteiger charge is 2.40. The van der Waals surface area contributed by atoms with Crippen LogP contribution >= 0.6 is 11.6 Å². The minimum absolute atomic E-state index is 0.0648. The van der Waals surface area contributed by atoms with Gasteiger partial charge in [0.1, 0.15) is 5.75 Å². The molecule has 204 valence electrons. The monoisotopic (exact) mass is 548 g/mol. The number of anilines is 1. The predicted molar refractivity (Wildman–Crippen MR) is 150 cm³/mol. The number of aromatic carboxylic acids is 1. The zero-order valence-corrected chi connectivity index (χ0v) is 22.8. The molecular weight excluding hydrogens is 516 g/mol. The van der Waals surface area contributed by atoms with Crippen LogP contribution in [-0.4, -0.2) is 64.6 Å². The van der Waals surface area contributed by atoms with E-state index in [0.29, 0.717) is 48.4 Å². The van der Waals surface area contributed by atoms with Crippen LogP contribution in [0.4, 0.5) is 5.95 Å². The van der Waals surface area contributed by atoms with Crippen molar-refractivity contribution in [3.8, 4) is 5.75 Å². The molecule has 1 aromatic heterocycles. The van der Waals surface area contributed by atoms with Gasteiger partial charge < -0.3 is 19.6 Å². The third kappa shape index (κ3) is 6.17. The van der Waals surface area contributed by atoms with Crippen LogP contribution in [0.25, 0.3) is 0 Å². The Kier molecular flexibility index (Phi) is 8.31. The molecule has 2 atom stereocenters. The Balaban J connectivity index is 1.34. The number of benzene rings is 2. The average Bonchev–Trinajstić information content (AvgIpc) is 3.26. The number of hydrogen-bond donors (Lipinski definition) is 1. The summed E-state index contributed by atoms with van der Waals surface area (Å²) in [5, 5.41) is 10.4. The molecule has 0 bridgehead atoms. The lowest BCUT2D eigenvalue weighted by molar-refractivity contribution is -0.132. The van der Waals surface area contributed by atoms with Crippen molar-refractivity contribution in [1.29, 1.82) is 0 Å². The van der Waals surface area contributed by atoms with Gasteiger partial charge in [0.05, 0.1) is 30.8 Å². The van der Waals surface area contributed by atoms with Gasteiger partial charge in [-0.3, -0.25) is 4.79 Å². The average molecular weight is 549 g/mol. The summed E-state index contributed by atoms with van der Waals surface area (Å²) in [6.45, 7) is 2.10. The van der Waals surface area contributed by atoms with E-state index in [1.807, 2.05) is 53.4 Å². The number of nitrogens with zero attached hydrogens (tertiary/aromatic N) is 4. The first-order valence-corrected chi connectivity index (χ1v) is 13.8. The molecular formula is C30H33ClN4O4. The van der Waals surface area contributed by atoms with E-state index in [-0.39, 0.29) is 17.5 Å². The highest BCUT2D eigenvalue weighted by molar-refractivity contribution is 6.30. The Morgan fingerprint density at radius 1 is 1.08 bits per heavy atom. The SMILES string of the molecule is COc1ccccc1CC(=O)N1CCCC[C@@H]2CN(c3ncc(C(=O)O)c(CCc4ccc(Cl)cc4)n3)C[C@H]21. The van der Waals surface area contributed by atoms with E-state index < -0.39 is 5.97 Å². The van der Waals surface area contributed by atoms with Crippen molar-refractivity contribution in [2.45, 2.75) is 44.6 Å². The summed E-state index contributed by atoms with van der Waals surface area (Å²) in [5.41, 5.74) is 2.58. The Labute approximate surface area is 233 Å². The molecule has 3 heterocycles. The van der Waals surface area contributed by atoms with Crippen molar-refractivity contribution in [2.75, 3.05) is 31.6 Å². The zero-order valence-electron chi connectivity index (χ0n) is 22.1. The number of amides is 1. The zero-order chi connectivity index (χ0) is 27.4. The molecule has 8 nitrogen and oxygen atoms in total. The summed E-state index contributed by atoms with van der Waals surface area (Å²) >= 11 is 6.00. The number of carboxylic acid groups (broad SMARTS) is 1. The molecule has 3 aromatic rings. The van der Waals surface area contributed by atoms with Crippen molar-refractivity contribution in [3.63, 3.8) is 0 Å². The van der Waals surface area contributed by atoms with Gasteiger partial charge in [0, 0.05) is 36.4 Å². The number of aryl methyl sites for hydroxylation is 2. The molecule has 0 spiro atoms. The third-order valence-corrected chi connectivity index (χ3v) is 8.07. The van der Waals surface area contributed by atoms with E-state index in [2.05, 4.69) is 9.88 Å². The smallest absolute Gasteiger partial charge is 0.339 e. The predicted octanol–water partition coefficient (Wildman–Crippen LogP) is 4.68. The number of aromatic nitrogens is 2. The molecule has 0 unspecified atom stereocenters. The van der Waals surface area contributed by atoms with Gasteiger partial charge in [0.25, 0.3) is 0 Å². The highest BCUT2D eigenvalue weighted by atomic mass is 35.5. The second kappa shape index (κ2) is 12.0. The first kappa shape index (κ1) is 26.9. The standard InChI is InChI=1S/C30H33ClN4O4/c1-39-27-8-3-2-6-21(27)16-28(36)35-15-5-4-7-22-18-34(19-26(22)35)30-32-17-24(29(37)38)25(33-30)14-11-20-9-12-23(31)13-10-20/h2-3,6,8-10,12-13,17,22,26H,4-5,7,11,14-16,18-19H2,1H3,(H,37,38)/t22-,26-/m1/s1. The molecule has 2 aromatic carbocycles. The molecule has 0 aliphatic carbocycles. The highest BCUT2D eigenvalue weighted by Crippen LogP contribution is 2.33. The number of ether oxygens (including phenoxy) is 1. The first-order valence-electron chi connectivity index (χ1n) is 13.4. The molecule has 1 N–H and O–H groups in total. The molecule has 2 aliphatic heterocycles. The number of halogens is 1. The van der Waals surface area contributed by atoms with E-state index in [4.69, 9.17) is 21.3 Å². The van der Waals surface area contributed by atoms with E-state index in [9.17, 15) is 14.7 Å². The van der Waals surface area contributed by atoms with Crippen LogP contribution in [0.3, 0.4) is 0 Å². The molecule has 0 radical (unpaired) electrons. The Morgan fingerprint density at radius 3 is 2.64 bits per heavy atom. The Bertz CT molecular complexity index is 1330. The van der Waals surface area contributed by atoms with Gasteiger partial charge in [-0.2, -0.15) is 0 Å². The molecule has 2 aliphatic rings. The second-order valence-electron chi connectivity index (χ2n) is 10.3. The van der Waals surface area contributed by atoms with Crippen LogP contribution in [0.1, 0.15) is 46.4 Å². The molecule has 5 rings (SSSR count). The number of carbonyl (C=O) groups is 2. The van der Waals surface area contributed by atoms with Gasteiger partial charge in [-0.25, -0.2) is 14.8 Å². The lowest BCUT2D eigenvalue weighted by atomic mass is 9.98. The fourth-order valence-corrected chi connectivity index (χ4v) is 5.90. The van der Waals surface area contributed by atoms with Crippen LogP contribution in [0, 0.1) is 5.92 Å². The van der Waals surface area contributed by atoms with Gasteiger partial charge in [0.15, 0.2) is 0 Å². The van der Waals surface area contributed by atoms with Gasteiger partial charge in [0.2, 0.25) is 11.9 Å². The largest absolute Gasteiger partial charge is 0.496 e. The van der Waals surface area contributed by atoms with E-state index in [1.54, 1.807) is 7.11 Å². The summed E-state index contributed by atoms with van der Waals surface area (Å²) in [6, 6.07) is 15.3. The molecule has 2 saturated heterocycles. The number of carbonyl (C=O) groups excluding carboxylic acids is 1. The van der Waals surface area contributed by atoms with Crippen LogP contribution in [0.2, 0.25) is 5.02 Å². The number of carboxylic acids is 1. The number of likely N-dealkylation sites (tertiary alicyclic amines) is 1. The Hall–Kier alpha value is -3.65. The van der Waals surface area contributed by atoms with Crippen molar-refractivity contribution in [2.24, 2.45) is 5.92 Å². The quantitative estimate of drug-likeness (QED) is 0.436. The van der Waals surface area contributed by atoms with Crippen LogP contribution < -0.4 is 9.64 Å². The van der Waals surface area contributed by atoms with E-state index in [0.717, 1.165) is 49.2 Å². The lowest BCUT2D eigenvalue weighted by Crippen LogP contribution is -2.45.